The molecule has 1 fully saturated rings. The first-order valence-electron chi connectivity index (χ1n) is 11.8. The van der Waals surface area contributed by atoms with Gasteiger partial charge in [0.2, 0.25) is 0 Å². The van der Waals surface area contributed by atoms with Crippen LogP contribution < -0.4 is 15.0 Å². The summed E-state index contributed by atoms with van der Waals surface area (Å²) in [6, 6.07) is 22.8. The highest BCUT2D eigenvalue weighted by Crippen LogP contribution is 2.32. The normalized spacial score (nSPS) is 15.9. The molecule has 1 N–H and O–H groups in total. The van der Waals surface area contributed by atoms with E-state index in [0.717, 1.165) is 37.3 Å². The maximum atomic E-state index is 13.2. The number of amides is 3. The molecule has 0 saturated carbocycles. The number of benzene rings is 3. The summed E-state index contributed by atoms with van der Waals surface area (Å²) in [6.45, 7) is 1.48. The van der Waals surface area contributed by atoms with Crippen molar-refractivity contribution in [1.29, 1.82) is 0 Å². The highest BCUT2D eigenvalue weighted by Gasteiger charge is 2.39. The standard InChI is InChI=1S/C28H24ClN3O4/c29-24-25(30-20-9-7-8-19(18-20)26(33)31-16-5-2-6-17-31)28(35)32(27(24)34)21-12-14-23(15-13-21)36-22-10-3-1-4-11-22/h1,3-4,7-15,18,30H,2,5-6,16-17H2. The molecule has 2 aliphatic rings. The van der Waals surface area contributed by atoms with Gasteiger partial charge in [-0.1, -0.05) is 35.9 Å². The third-order valence-corrected chi connectivity index (χ3v) is 6.47. The number of anilines is 2. The van der Waals surface area contributed by atoms with Crippen LogP contribution in [0.3, 0.4) is 0 Å². The average Bonchev–Trinajstić information content (AvgIpc) is 3.13. The maximum Gasteiger partial charge on any atom is 0.283 e. The first-order valence-corrected chi connectivity index (χ1v) is 12.2. The van der Waals surface area contributed by atoms with E-state index < -0.39 is 11.8 Å². The van der Waals surface area contributed by atoms with Gasteiger partial charge in [-0.15, -0.1) is 0 Å². The van der Waals surface area contributed by atoms with E-state index in [1.54, 1.807) is 48.5 Å². The SMILES string of the molecule is O=C(c1cccc(NC2=C(Cl)C(=O)N(c3ccc(Oc4ccccc4)cc3)C2=O)c1)N1CCCCC1. The third-order valence-electron chi connectivity index (χ3n) is 6.12. The number of imide groups is 1. The molecule has 0 unspecified atom stereocenters. The van der Waals surface area contributed by atoms with Gasteiger partial charge in [-0.2, -0.15) is 0 Å². The van der Waals surface area contributed by atoms with Crippen molar-refractivity contribution in [2.24, 2.45) is 0 Å². The molecule has 36 heavy (non-hydrogen) atoms. The van der Waals surface area contributed by atoms with Crippen molar-refractivity contribution in [3.05, 3.63) is 95.2 Å². The molecule has 182 valence electrons. The topological polar surface area (TPSA) is 79.0 Å². The number of carbonyl (C=O) groups excluding carboxylic acids is 3. The van der Waals surface area contributed by atoms with Crippen LogP contribution in [0.4, 0.5) is 11.4 Å². The fourth-order valence-electron chi connectivity index (χ4n) is 4.29. The molecular formula is C28H24ClN3O4. The highest BCUT2D eigenvalue weighted by atomic mass is 35.5. The lowest BCUT2D eigenvalue weighted by Gasteiger charge is -2.26. The molecule has 0 spiro atoms. The van der Waals surface area contributed by atoms with Crippen LogP contribution in [0.25, 0.3) is 0 Å². The zero-order valence-electron chi connectivity index (χ0n) is 19.4. The summed E-state index contributed by atoms with van der Waals surface area (Å²) < 4.78 is 5.78. The average molecular weight is 502 g/mol. The van der Waals surface area contributed by atoms with E-state index in [9.17, 15) is 14.4 Å². The summed E-state index contributed by atoms with van der Waals surface area (Å²) in [5.41, 5.74) is 1.35. The van der Waals surface area contributed by atoms with Crippen LogP contribution in [-0.4, -0.2) is 35.7 Å². The van der Waals surface area contributed by atoms with Gasteiger partial charge in [-0.3, -0.25) is 14.4 Å². The number of halogens is 1. The molecule has 0 atom stereocenters. The zero-order chi connectivity index (χ0) is 25.1. The molecule has 8 heteroatoms. The van der Waals surface area contributed by atoms with E-state index in [0.29, 0.717) is 28.4 Å². The first-order chi connectivity index (χ1) is 17.5. The first kappa shape index (κ1) is 23.6. The molecule has 2 aliphatic heterocycles. The number of hydrogen-bond acceptors (Lipinski definition) is 5. The Morgan fingerprint density at radius 2 is 1.50 bits per heavy atom. The number of piperidine rings is 1. The Hall–Kier alpha value is -4.10. The second-order valence-corrected chi connectivity index (χ2v) is 8.98. The molecule has 7 nitrogen and oxygen atoms in total. The molecule has 3 aromatic rings. The van der Waals surface area contributed by atoms with E-state index in [1.165, 1.54) is 0 Å². The van der Waals surface area contributed by atoms with Crippen LogP contribution in [-0.2, 0) is 9.59 Å². The molecule has 3 amide bonds. The Morgan fingerprint density at radius 3 is 2.22 bits per heavy atom. The number of hydrogen-bond donors (Lipinski definition) is 1. The number of nitrogens with zero attached hydrogens (tertiary/aromatic N) is 2. The lowest BCUT2D eigenvalue weighted by molar-refractivity contribution is -0.120. The fraction of sp³-hybridized carbons (Fsp3) is 0.179. The molecule has 0 bridgehead atoms. The lowest BCUT2D eigenvalue weighted by atomic mass is 10.1. The minimum absolute atomic E-state index is 0.0335. The van der Waals surface area contributed by atoms with Crippen LogP contribution in [0, 0.1) is 0 Å². The van der Waals surface area contributed by atoms with Crippen molar-refractivity contribution in [2.45, 2.75) is 19.3 Å². The Morgan fingerprint density at radius 1 is 0.806 bits per heavy atom. The monoisotopic (exact) mass is 501 g/mol. The molecule has 2 heterocycles. The van der Waals surface area contributed by atoms with Gasteiger partial charge in [0.1, 0.15) is 22.2 Å². The molecule has 1 saturated heterocycles. The lowest BCUT2D eigenvalue weighted by Crippen LogP contribution is -2.35. The van der Waals surface area contributed by atoms with Gasteiger partial charge in [0, 0.05) is 24.3 Å². The summed E-state index contributed by atoms with van der Waals surface area (Å²) in [7, 11) is 0. The number of likely N-dealkylation sites (tertiary alicyclic amines) is 1. The van der Waals surface area contributed by atoms with Crippen molar-refractivity contribution in [3.63, 3.8) is 0 Å². The number of ether oxygens (including phenoxy) is 1. The molecule has 0 radical (unpaired) electrons. The van der Waals surface area contributed by atoms with Crippen molar-refractivity contribution in [1.82, 2.24) is 4.90 Å². The summed E-state index contributed by atoms with van der Waals surface area (Å²) in [6.07, 6.45) is 3.13. The van der Waals surface area contributed by atoms with Gasteiger partial charge in [0.25, 0.3) is 17.7 Å². The van der Waals surface area contributed by atoms with Gasteiger partial charge in [-0.25, -0.2) is 4.90 Å². The van der Waals surface area contributed by atoms with Crippen LogP contribution in [0.1, 0.15) is 29.6 Å². The number of nitrogens with one attached hydrogen (secondary N) is 1. The number of carbonyl (C=O) groups is 3. The van der Waals surface area contributed by atoms with Crippen LogP contribution in [0.2, 0.25) is 0 Å². The summed E-state index contributed by atoms with van der Waals surface area (Å²) in [4.78, 5) is 41.7. The molecule has 5 rings (SSSR count). The van der Waals surface area contributed by atoms with Crippen molar-refractivity contribution >= 4 is 40.7 Å². The van der Waals surface area contributed by atoms with Crippen LogP contribution in [0.5, 0.6) is 11.5 Å². The van der Waals surface area contributed by atoms with E-state index in [4.69, 9.17) is 16.3 Å². The smallest absolute Gasteiger partial charge is 0.283 e. The maximum absolute atomic E-state index is 13.2. The molecule has 0 aliphatic carbocycles. The predicted octanol–water partition coefficient (Wildman–Crippen LogP) is 5.54. The van der Waals surface area contributed by atoms with E-state index in [2.05, 4.69) is 5.32 Å². The Labute approximate surface area is 213 Å². The quantitative estimate of drug-likeness (QED) is 0.448. The van der Waals surface area contributed by atoms with E-state index in [-0.39, 0.29) is 16.6 Å². The third kappa shape index (κ3) is 4.83. The van der Waals surface area contributed by atoms with Crippen molar-refractivity contribution in [2.75, 3.05) is 23.3 Å². The number of para-hydroxylation sites is 1. The fourth-order valence-corrected chi connectivity index (χ4v) is 4.50. The van der Waals surface area contributed by atoms with Crippen molar-refractivity contribution in [3.8, 4) is 11.5 Å². The van der Waals surface area contributed by atoms with Crippen LogP contribution in [0.15, 0.2) is 89.6 Å². The second kappa shape index (κ2) is 10.3. The number of rotatable bonds is 6. The van der Waals surface area contributed by atoms with Gasteiger partial charge in [0.05, 0.1) is 5.69 Å². The molecule has 0 aromatic heterocycles. The summed E-state index contributed by atoms with van der Waals surface area (Å²) in [5, 5.41) is 2.74. The Bertz CT molecular complexity index is 1330. The van der Waals surface area contributed by atoms with Gasteiger partial charge in [-0.05, 0) is 73.9 Å². The highest BCUT2D eigenvalue weighted by molar-refractivity contribution is 6.53. The zero-order valence-corrected chi connectivity index (χ0v) is 20.2. The van der Waals surface area contributed by atoms with E-state index in [1.807, 2.05) is 35.2 Å². The predicted molar refractivity (Wildman–Crippen MR) is 138 cm³/mol. The van der Waals surface area contributed by atoms with Gasteiger partial charge >= 0.3 is 0 Å². The minimum atomic E-state index is -0.624. The van der Waals surface area contributed by atoms with Gasteiger partial charge < -0.3 is 15.0 Å². The van der Waals surface area contributed by atoms with Crippen LogP contribution >= 0.6 is 11.6 Å². The van der Waals surface area contributed by atoms with Gasteiger partial charge in [0.15, 0.2) is 0 Å². The minimum Gasteiger partial charge on any atom is -0.457 e. The summed E-state index contributed by atoms with van der Waals surface area (Å²) in [5.74, 6) is -0.00460. The Balaban J connectivity index is 1.30. The second-order valence-electron chi connectivity index (χ2n) is 8.60. The Kier molecular flexibility index (Phi) is 6.73. The van der Waals surface area contributed by atoms with Crippen molar-refractivity contribution < 1.29 is 19.1 Å². The largest absolute Gasteiger partial charge is 0.457 e. The summed E-state index contributed by atoms with van der Waals surface area (Å²) >= 11 is 6.29. The molecular weight excluding hydrogens is 478 g/mol. The van der Waals surface area contributed by atoms with E-state index >= 15 is 0 Å². The molecule has 3 aromatic carbocycles.